The van der Waals surface area contributed by atoms with Gasteiger partial charge in [0.1, 0.15) is 11.0 Å². The molecule has 0 saturated heterocycles. The summed E-state index contributed by atoms with van der Waals surface area (Å²) in [5, 5.41) is 2.72. The van der Waals surface area contributed by atoms with Gasteiger partial charge >= 0.3 is 0 Å². The van der Waals surface area contributed by atoms with Crippen LogP contribution in [0.5, 0.6) is 0 Å². The number of amides is 1. The van der Waals surface area contributed by atoms with Gasteiger partial charge in [-0.2, -0.15) is 0 Å². The minimum Gasteiger partial charge on any atom is -0.322 e. The molecule has 0 saturated carbocycles. The SMILES string of the molecule is O=C(Nc1ccc2c(c1)CCC2)c1cc(F)cnc1Cl. The van der Waals surface area contributed by atoms with Gasteiger partial charge in [0.25, 0.3) is 5.91 Å². The first-order chi connectivity index (χ1) is 9.63. The van der Waals surface area contributed by atoms with E-state index in [0.717, 1.165) is 31.5 Å². The summed E-state index contributed by atoms with van der Waals surface area (Å²) >= 11 is 5.81. The molecular formula is C15H12ClFN2O. The van der Waals surface area contributed by atoms with Crippen LogP contribution in [0.2, 0.25) is 5.15 Å². The van der Waals surface area contributed by atoms with Gasteiger partial charge in [-0.15, -0.1) is 0 Å². The number of rotatable bonds is 2. The van der Waals surface area contributed by atoms with Crippen molar-refractivity contribution in [3.63, 3.8) is 0 Å². The van der Waals surface area contributed by atoms with Gasteiger partial charge in [-0.3, -0.25) is 4.79 Å². The standard InChI is InChI=1S/C15H12ClFN2O/c16-14-13(7-11(17)8-18-14)15(20)19-12-5-4-9-2-1-3-10(9)6-12/h4-8H,1-3H2,(H,19,20). The Bertz CT molecular complexity index is 688. The van der Waals surface area contributed by atoms with Crippen LogP contribution in [-0.4, -0.2) is 10.9 Å². The molecule has 1 aliphatic carbocycles. The molecule has 0 spiro atoms. The third kappa shape index (κ3) is 2.51. The number of carbonyl (C=O) groups excluding carboxylic acids is 1. The van der Waals surface area contributed by atoms with Crippen molar-refractivity contribution in [2.75, 3.05) is 5.32 Å². The Morgan fingerprint density at radius 3 is 2.90 bits per heavy atom. The summed E-state index contributed by atoms with van der Waals surface area (Å²) in [5.74, 6) is -1.05. The third-order valence-corrected chi connectivity index (χ3v) is 3.71. The molecule has 0 unspecified atom stereocenters. The van der Waals surface area contributed by atoms with Crippen molar-refractivity contribution in [2.24, 2.45) is 0 Å². The number of nitrogens with zero attached hydrogens (tertiary/aromatic N) is 1. The summed E-state index contributed by atoms with van der Waals surface area (Å²) in [6.07, 6.45) is 4.24. The maximum absolute atomic E-state index is 13.1. The molecule has 1 heterocycles. The predicted octanol–water partition coefficient (Wildman–Crippen LogP) is 3.62. The summed E-state index contributed by atoms with van der Waals surface area (Å²) < 4.78 is 13.1. The molecule has 1 amide bonds. The third-order valence-electron chi connectivity index (χ3n) is 3.41. The van der Waals surface area contributed by atoms with Crippen molar-refractivity contribution >= 4 is 23.2 Å². The largest absolute Gasteiger partial charge is 0.322 e. The first kappa shape index (κ1) is 13.1. The van der Waals surface area contributed by atoms with Crippen LogP contribution in [0.25, 0.3) is 0 Å². The Kier molecular flexibility index (Phi) is 3.40. The Labute approximate surface area is 120 Å². The number of nitrogens with one attached hydrogen (secondary N) is 1. The Balaban J connectivity index is 1.84. The fourth-order valence-corrected chi connectivity index (χ4v) is 2.62. The van der Waals surface area contributed by atoms with E-state index < -0.39 is 11.7 Å². The zero-order valence-corrected chi connectivity index (χ0v) is 11.4. The van der Waals surface area contributed by atoms with E-state index in [0.29, 0.717) is 5.69 Å². The number of halogens is 2. The molecule has 2 aromatic rings. The second kappa shape index (κ2) is 5.21. The molecule has 3 rings (SSSR count). The lowest BCUT2D eigenvalue weighted by Crippen LogP contribution is -2.13. The van der Waals surface area contributed by atoms with Crippen LogP contribution in [0.15, 0.2) is 30.5 Å². The smallest absolute Gasteiger partial charge is 0.258 e. The molecule has 1 N–H and O–H groups in total. The van der Waals surface area contributed by atoms with Gasteiger partial charge in [-0.05, 0) is 48.6 Å². The second-order valence-corrected chi connectivity index (χ2v) is 5.14. The molecule has 0 aliphatic heterocycles. The van der Waals surface area contributed by atoms with E-state index in [4.69, 9.17) is 11.6 Å². The van der Waals surface area contributed by atoms with E-state index in [1.165, 1.54) is 11.1 Å². The van der Waals surface area contributed by atoms with Crippen molar-refractivity contribution < 1.29 is 9.18 Å². The van der Waals surface area contributed by atoms with Gasteiger partial charge < -0.3 is 5.32 Å². The zero-order valence-electron chi connectivity index (χ0n) is 10.6. The second-order valence-electron chi connectivity index (χ2n) is 4.78. The maximum Gasteiger partial charge on any atom is 0.258 e. The Morgan fingerprint density at radius 1 is 1.25 bits per heavy atom. The van der Waals surface area contributed by atoms with Crippen molar-refractivity contribution in [2.45, 2.75) is 19.3 Å². The van der Waals surface area contributed by atoms with Crippen molar-refractivity contribution in [1.29, 1.82) is 0 Å². The van der Waals surface area contributed by atoms with E-state index >= 15 is 0 Å². The lowest BCUT2D eigenvalue weighted by molar-refractivity contribution is 0.102. The molecule has 1 aromatic heterocycles. The summed E-state index contributed by atoms with van der Waals surface area (Å²) in [6, 6.07) is 6.91. The first-order valence-electron chi connectivity index (χ1n) is 6.38. The van der Waals surface area contributed by atoms with Gasteiger partial charge in [-0.25, -0.2) is 9.37 Å². The monoisotopic (exact) mass is 290 g/mol. The number of anilines is 1. The molecule has 0 atom stereocenters. The molecule has 3 nitrogen and oxygen atoms in total. The predicted molar refractivity (Wildman–Crippen MR) is 75.6 cm³/mol. The van der Waals surface area contributed by atoms with Gasteiger partial charge in [0.15, 0.2) is 0 Å². The number of aryl methyl sites for hydroxylation is 2. The fourth-order valence-electron chi connectivity index (χ4n) is 2.43. The van der Waals surface area contributed by atoms with Gasteiger partial charge in [0, 0.05) is 5.69 Å². The first-order valence-corrected chi connectivity index (χ1v) is 6.75. The molecule has 5 heteroatoms. The highest BCUT2D eigenvalue weighted by Gasteiger charge is 2.15. The van der Waals surface area contributed by atoms with Crippen molar-refractivity contribution in [3.8, 4) is 0 Å². The van der Waals surface area contributed by atoms with Gasteiger partial charge in [0.05, 0.1) is 11.8 Å². The van der Waals surface area contributed by atoms with Crippen LogP contribution in [0.4, 0.5) is 10.1 Å². The number of pyridine rings is 1. The number of hydrogen-bond acceptors (Lipinski definition) is 2. The van der Waals surface area contributed by atoms with Crippen LogP contribution >= 0.6 is 11.6 Å². The molecule has 0 radical (unpaired) electrons. The van der Waals surface area contributed by atoms with E-state index in [1.807, 2.05) is 18.2 Å². The van der Waals surface area contributed by atoms with E-state index in [-0.39, 0.29) is 10.7 Å². The fraction of sp³-hybridized carbons (Fsp3) is 0.200. The lowest BCUT2D eigenvalue weighted by atomic mass is 10.1. The number of carbonyl (C=O) groups is 1. The zero-order chi connectivity index (χ0) is 14.1. The lowest BCUT2D eigenvalue weighted by Gasteiger charge is -2.08. The molecule has 0 fully saturated rings. The summed E-state index contributed by atoms with van der Waals surface area (Å²) in [5.41, 5.74) is 3.31. The van der Waals surface area contributed by atoms with Gasteiger partial charge in [-0.1, -0.05) is 17.7 Å². The highest BCUT2D eigenvalue weighted by Crippen LogP contribution is 2.25. The molecule has 102 valence electrons. The van der Waals surface area contributed by atoms with Crippen LogP contribution in [-0.2, 0) is 12.8 Å². The molecular weight excluding hydrogens is 279 g/mol. The van der Waals surface area contributed by atoms with Crippen LogP contribution in [0.3, 0.4) is 0 Å². The molecule has 0 bridgehead atoms. The van der Waals surface area contributed by atoms with E-state index in [9.17, 15) is 9.18 Å². The average Bonchev–Trinajstić information content (AvgIpc) is 2.89. The van der Waals surface area contributed by atoms with E-state index in [2.05, 4.69) is 10.3 Å². The minimum atomic E-state index is -0.589. The van der Waals surface area contributed by atoms with Crippen LogP contribution < -0.4 is 5.32 Å². The Hall–Kier alpha value is -1.94. The quantitative estimate of drug-likeness (QED) is 0.859. The minimum absolute atomic E-state index is 0.00920. The number of fused-ring (bicyclic) bond motifs is 1. The molecule has 1 aromatic carbocycles. The van der Waals surface area contributed by atoms with E-state index in [1.54, 1.807) is 0 Å². The number of benzene rings is 1. The van der Waals surface area contributed by atoms with Gasteiger partial charge in [0.2, 0.25) is 0 Å². The summed E-state index contributed by atoms with van der Waals surface area (Å²) in [6.45, 7) is 0. The van der Waals surface area contributed by atoms with Crippen molar-refractivity contribution in [1.82, 2.24) is 4.98 Å². The summed E-state index contributed by atoms with van der Waals surface area (Å²) in [7, 11) is 0. The van der Waals surface area contributed by atoms with Crippen LogP contribution in [0, 0.1) is 5.82 Å². The number of hydrogen-bond donors (Lipinski definition) is 1. The highest BCUT2D eigenvalue weighted by molar-refractivity contribution is 6.33. The molecule has 1 aliphatic rings. The average molecular weight is 291 g/mol. The summed E-state index contributed by atoms with van der Waals surface area (Å²) in [4.78, 5) is 15.7. The number of aromatic nitrogens is 1. The topological polar surface area (TPSA) is 42.0 Å². The maximum atomic E-state index is 13.1. The normalized spacial score (nSPS) is 13.1. The van der Waals surface area contributed by atoms with Crippen molar-refractivity contribution in [3.05, 3.63) is 58.1 Å². The van der Waals surface area contributed by atoms with Crippen LogP contribution in [0.1, 0.15) is 27.9 Å². The molecule has 20 heavy (non-hydrogen) atoms. The Morgan fingerprint density at radius 2 is 2.05 bits per heavy atom. The highest BCUT2D eigenvalue weighted by atomic mass is 35.5.